The van der Waals surface area contributed by atoms with Gasteiger partial charge in [0.25, 0.3) is 0 Å². The van der Waals surface area contributed by atoms with E-state index >= 15 is 0 Å². The van der Waals surface area contributed by atoms with Gasteiger partial charge in [0, 0.05) is 12.5 Å². The summed E-state index contributed by atoms with van der Waals surface area (Å²) in [5.74, 6) is 0.648. The van der Waals surface area contributed by atoms with Gasteiger partial charge >= 0.3 is 0 Å². The van der Waals surface area contributed by atoms with Gasteiger partial charge in [-0.15, -0.1) is 0 Å². The molecule has 0 atom stereocenters. The number of hydrogen-bond donors (Lipinski definition) is 2. The summed E-state index contributed by atoms with van der Waals surface area (Å²) in [5, 5.41) is 3.63. The molecule has 21 heavy (non-hydrogen) atoms. The van der Waals surface area contributed by atoms with Crippen LogP contribution >= 0.6 is 12.2 Å². The summed E-state index contributed by atoms with van der Waals surface area (Å²) >= 11 is 4.86. The van der Waals surface area contributed by atoms with E-state index in [9.17, 15) is 8.42 Å². The van der Waals surface area contributed by atoms with E-state index in [0.717, 1.165) is 0 Å². The number of hydrogen-bond acceptors (Lipinski definition) is 6. The number of nitrogens with one attached hydrogen (secondary N) is 1. The van der Waals surface area contributed by atoms with E-state index in [1.807, 2.05) is 0 Å². The van der Waals surface area contributed by atoms with Crippen molar-refractivity contribution in [2.24, 2.45) is 5.73 Å². The number of aryl methyl sites for hydroxylation is 2. The molecule has 0 radical (unpaired) electrons. The SMILES string of the molecule is Cc1nc(CNS(=O)(=O)c2ccc(C(N)=S)cc2C)no1. The molecule has 0 amide bonds. The van der Waals surface area contributed by atoms with Gasteiger partial charge < -0.3 is 10.3 Å². The lowest BCUT2D eigenvalue weighted by Crippen LogP contribution is -2.24. The number of sulfonamides is 1. The summed E-state index contributed by atoms with van der Waals surface area (Å²) in [7, 11) is -3.68. The molecule has 0 fully saturated rings. The predicted octanol–water partition coefficient (Wildman–Crippen LogP) is 0.799. The zero-order valence-corrected chi connectivity index (χ0v) is 13.1. The van der Waals surface area contributed by atoms with E-state index in [0.29, 0.717) is 17.0 Å². The van der Waals surface area contributed by atoms with Gasteiger partial charge in [-0.05, 0) is 24.6 Å². The molecule has 1 heterocycles. The second-order valence-electron chi connectivity index (χ2n) is 4.40. The third-order valence-electron chi connectivity index (χ3n) is 2.74. The van der Waals surface area contributed by atoms with Gasteiger partial charge in [0.2, 0.25) is 15.9 Å². The zero-order chi connectivity index (χ0) is 15.6. The Hall–Kier alpha value is -1.84. The van der Waals surface area contributed by atoms with Crippen LogP contribution in [0.15, 0.2) is 27.6 Å². The van der Waals surface area contributed by atoms with E-state index in [1.165, 1.54) is 6.07 Å². The molecule has 0 aliphatic carbocycles. The van der Waals surface area contributed by atoms with Crippen molar-refractivity contribution in [3.05, 3.63) is 41.0 Å². The summed E-state index contributed by atoms with van der Waals surface area (Å²) in [5.41, 5.74) is 6.69. The number of thiocarbonyl (C=S) groups is 1. The van der Waals surface area contributed by atoms with Gasteiger partial charge in [-0.3, -0.25) is 0 Å². The summed E-state index contributed by atoms with van der Waals surface area (Å²) in [6, 6.07) is 4.67. The van der Waals surface area contributed by atoms with Crippen LogP contribution in [0.3, 0.4) is 0 Å². The molecule has 7 nitrogen and oxygen atoms in total. The van der Waals surface area contributed by atoms with Crippen LogP contribution in [0.1, 0.15) is 22.8 Å². The van der Waals surface area contributed by atoms with Crippen molar-refractivity contribution >= 4 is 27.2 Å². The van der Waals surface area contributed by atoms with Crippen LogP contribution in [-0.4, -0.2) is 23.5 Å². The second kappa shape index (κ2) is 5.88. The second-order valence-corrected chi connectivity index (χ2v) is 6.57. The lowest BCUT2D eigenvalue weighted by atomic mass is 10.1. The van der Waals surface area contributed by atoms with Crippen LogP contribution in [0.2, 0.25) is 0 Å². The van der Waals surface area contributed by atoms with E-state index in [-0.39, 0.29) is 22.3 Å². The molecule has 0 saturated carbocycles. The molecule has 1 aromatic carbocycles. The zero-order valence-electron chi connectivity index (χ0n) is 11.5. The monoisotopic (exact) mass is 326 g/mol. The first-order valence-corrected chi connectivity index (χ1v) is 7.88. The summed E-state index contributed by atoms with van der Waals surface area (Å²) in [6.45, 7) is 3.26. The average Bonchev–Trinajstić information content (AvgIpc) is 2.82. The average molecular weight is 326 g/mol. The van der Waals surface area contributed by atoms with Gasteiger partial charge in [0.05, 0.1) is 11.4 Å². The minimum atomic E-state index is -3.68. The highest BCUT2D eigenvalue weighted by molar-refractivity contribution is 7.89. The van der Waals surface area contributed by atoms with Crippen LogP contribution in [0.25, 0.3) is 0 Å². The van der Waals surface area contributed by atoms with Crippen molar-refractivity contribution in [1.29, 1.82) is 0 Å². The van der Waals surface area contributed by atoms with Crippen molar-refractivity contribution in [1.82, 2.24) is 14.9 Å². The fourth-order valence-electron chi connectivity index (χ4n) is 1.75. The van der Waals surface area contributed by atoms with Crippen LogP contribution < -0.4 is 10.5 Å². The van der Waals surface area contributed by atoms with Gasteiger partial charge in [0.1, 0.15) is 4.99 Å². The minimum absolute atomic E-state index is 0.0455. The molecule has 112 valence electrons. The van der Waals surface area contributed by atoms with Gasteiger partial charge in [0.15, 0.2) is 5.82 Å². The van der Waals surface area contributed by atoms with Crippen LogP contribution in [0.5, 0.6) is 0 Å². The molecule has 0 unspecified atom stereocenters. The Bertz CT molecular complexity index is 784. The predicted molar refractivity (Wildman–Crippen MR) is 80.1 cm³/mol. The van der Waals surface area contributed by atoms with Gasteiger partial charge in [-0.25, -0.2) is 13.1 Å². The van der Waals surface area contributed by atoms with Crippen molar-refractivity contribution < 1.29 is 12.9 Å². The lowest BCUT2D eigenvalue weighted by Gasteiger charge is -2.09. The quantitative estimate of drug-likeness (QED) is 0.782. The van der Waals surface area contributed by atoms with Gasteiger partial charge in [-0.2, -0.15) is 4.98 Å². The maximum absolute atomic E-state index is 12.3. The normalized spacial score (nSPS) is 11.5. The van der Waals surface area contributed by atoms with Crippen LogP contribution in [-0.2, 0) is 16.6 Å². The molecular formula is C12H14N4O3S2. The molecule has 0 saturated heterocycles. The smallest absolute Gasteiger partial charge is 0.241 e. The molecule has 0 bridgehead atoms. The standard InChI is InChI=1S/C12H14N4O3S2/c1-7-5-9(12(13)20)3-4-10(7)21(17,18)14-6-11-15-8(2)19-16-11/h3-5,14H,6H2,1-2H3,(H2,13,20). The largest absolute Gasteiger partial charge is 0.389 e. The summed E-state index contributed by atoms with van der Waals surface area (Å²) < 4.78 is 31.7. The summed E-state index contributed by atoms with van der Waals surface area (Å²) in [6.07, 6.45) is 0. The first kappa shape index (κ1) is 15.5. The molecule has 1 aromatic heterocycles. The van der Waals surface area contributed by atoms with Crippen molar-refractivity contribution in [2.75, 3.05) is 0 Å². The van der Waals surface area contributed by atoms with E-state index in [1.54, 1.807) is 26.0 Å². The fourth-order valence-corrected chi connectivity index (χ4v) is 3.09. The Kier molecular flexibility index (Phi) is 4.35. The highest BCUT2D eigenvalue weighted by Crippen LogP contribution is 2.17. The minimum Gasteiger partial charge on any atom is -0.389 e. The number of benzene rings is 1. The molecule has 0 aliphatic heterocycles. The number of rotatable bonds is 5. The fraction of sp³-hybridized carbons (Fsp3) is 0.250. The Labute approximate surface area is 127 Å². The first-order chi connectivity index (χ1) is 9.79. The Morgan fingerprint density at radius 2 is 2.14 bits per heavy atom. The highest BCUT2D eigenvalue weighted by Gasteiger charge is 2.18. The molecular weight excluding hydrogens is 312 g/mol. The molecule has 9 heteroatoms. The molecule has 0 spiro atoms. The maximum atomic E-state index is 12.3. The molecule has 3 N–H and O–H groups in total. The maximum Gasteiger partial charge on any atom is 0.241 e. The number of nitrogens with zero attached hydrogens (tertiary/aromatic N) is 2. The summed E-state index contributed by atoms with van der Waals surface area (Å²) in [4.78, 5) is 4.30. The van der Waals surface area contributed by atoms with E-state index in [4.69, 9.17) is 22.5 Å². The third-order valence-corrected chi connectivity index (χ3v) is 4.54. The van der Waals surface area contributed by atoms with Crippen LogP contribution in [0.4, 0.5) is 0 Å². The molecule has 2 rings (SSSR count). The van der Waals surface area contributed by atoms with E-state index < -0.39 is 10.0 Å². The highest BCUT2D eigenvalue weighted by atomic mass is 32.2. The Balaban J connectivity index is 2.21. The Morgan fingerprint density at radius 3 is 2.67 bits per heavy atom. The molecule has 2 aromatic rings. The number of nitrogens with two attached hydrogens (primary N) is 1. The first-order valence-electron chi connectivity index (χ1n) is 5.99. The van der Waals surface area contributed by atoms with Gasteiger partial charge in [-0.1, -0.05) is 23.4 Å². The third kappa shape index (κ3) is 3.63. The lowest BCUT2D eigenvalue weighted by molar-refractivity contribution is 0.387. The number of aromatic nitrogens is 2. The van der Waals surface area contributed by atoms with E-state index in [2.05, 4.69) is 14.9 Å². The molecule has 0 aliphatic rings. The van der Waals surface area contributed by atoms with Crippen molar-refractivity contribution in [3.63, 3.8) is 0 Å². The van der Waals surface area contributed by atoms with Crippen LogP contribution in [0, 0.1) is 13.8 Å². The van der Waals surface area contributed by atoms with Crippen molar-refractivity contribution in [3.8, 4) is 0 Å². The topological polar surface area (TPSA) is 111 Å². The van der Waals surface area contributed by atoms with Crippen molar-refractivity contribution in [2.45, 2.75) is 25.3 Å². The Morgan fingerprint density at radius 1 is 1.43 bits per heavy atom.